The number of benzene rings is 2. The molecule has 0 bridgehead atoms. The van der Waals surface area contributed by atoms with Gasteiger partial charge in [-0.25, -0.2) is 4.98 Å². The van der Waals surface area contributed by atoms with Crippen molar-refractivity contribution >= 4 is 34.1 Å². The SMILES string of the molecule is CC(C)N1CCCN(c2ccc3nc(-c4cccc(Cl)c4)n(CC(=O)N(C)C(C)C)c(=O)c3c2)CC1. The lowest BCUT2D eigenvalue weighted by atomic mass is 10.1. The van der Waals surface area contributed by atoms with Crippen molar-refractivity contribution in [2.24, 2.45) is 0 Å². The van der Waals surface area contributed by atoms with E-state index in [1.54, 1.807) is 24.1 Å². The molecule has 36 heavy (non-hydrogen) atoms. The number of aromatic nitrogens is 2. The van der Waals surface area contributed by atoms with E-state index in [1.165, 1.54) is 4.57 Å². The largest absolute Gasteiger partial charge is 0.370 e. The number of amides is 1. The molecule has 1 amide bonds. The van der Waals surface area contributed by atoms with Gasteiger partial charge in [-0.15, -0.1) is 0 Å². The third-order valence-electron chi connectivity index (χ3n) is 7.11. The number of carbonyl (C=O) groups is 1. The molecule has 1 aliphatic rings. The van der Waals surface area contributed by atoms with Gasteiger partial charge in [-0.05, 0) is 64.4 Å². The topological polar surface area (TPSA) is 61.7 Å². The molecular weight excluding hydrogens is 474 g/mol. The Kier molecular flexibility index (Phi) is 8.00. The number of hydrogen-bond acceptors (Lipinski definition) is 5. The van der Waals surface area contributed by atoms with E-state index in [0.717, 1.165) is 38.3 Å². The van der Waals surface area contributed by atoms with Crippen molar-refractivity contribution in [2.45, 2.75) is 52.7 Å². The molecule has 7 nitrogen and oxygen atoms in total. The molecule has 4 rings (SSSR count). The van der Waals surface area contributed by atoms with Crippen molar-refractivity contribution < 1.29 is 4.79 Å². The number of nitrogens with zero attached hydrogens (tertiary/aromatic N) is 5. The summed E-state index contributed by atoms with van der Waals surface area (Å²) in [6.07, 6.45) is 1.07. The smallest absolute Gasteiger partial charge is 0.262 e. The van der Waals surface area contributed by atoms with E-state index in [1.807, 2.05) is 44.2 Å². The molecule has 1 fully saturated rings. The highest BCUT2D eigenvalue weighted by Gasteiger charge is 2.21. The molecule has 1 aromatic heterocycles. The van der Waals surface area contributed by atoms with Gasteiger partial charge in [-0.1, -0.05) is 23.7 Å². The van der Waals surface area contributed by atoms with Gasteiger partial charge in [0.2, 0.25) is 5.91 Å². The number of halogens is 1. The third-order valence-corrected chi connectivity index (χ3v) is 7.34. The summed E-state index contributed by atoms with van der Waals surface area (Å²) in [5.41, 5.74) is 2.10. The van der Waals surface area contributed by atoms with Crippen molar-refractivity contribution in [3.63, 3.8) is 0 Å². The number of hydrogen-bond donors (Lipinski definition) is 0. The molecule has 0 saturated carbocycles. The Bertz CT molecular complexity index is 1300. The van der Waals surface area contributed by atoms with Gasteiger partial charge in [0.1, 0.15) is 12.4 Å². The summed E-state index contributed by atoms with van der Waals surface area (Å²) in [4.78, 5) is 38.2. The van der Waals surface area contributed by atoms with Crippen LogP contribution in [0, 0.1) is 0 Å². The van der Waals surface area contributed by atoms with E-state index in [0.29, 0.717) is 33.4 Å². The molecule has 1 aliphatic heterocycles. The monoisotopic (exact) mass is 509 g/mol. The highest BCUT2D eigenvalue weighted by atomic mass is 35.5. The Morgan fingerprint density at radius 3 is 2.53 bits per heavy atom. The van der Waals surface area contributed by atoms with Crippen LogP contribution in [0.4, 0.5) is 5.69 Å². The van der Waals surface area contributed by atoms with E-state index in [4.69, 9.17) is 16.6 Å². The molecule has 2 heterocycles. The average molecular weight is 510 g/mol. The lowest BCUT2D eigenvalue weighted by molar-refractivity contribution is -0.132. The van der Waals surface area contributed by atoms with E-state index < -0.39 is 0 Å². The molecule has 0 atom stereocenters. The number of fused-ring (bicyclic) bond motifs is 1. The fourth-order valence-corrected chi connectivity index (χ4v) is 4.84. The Hall–Kier alpha value is -2.90. The number of likely N-dealkylation sites (N-methyl/N-ethyl adjacent to an activating group) is 1. The Morgan fingerprint density at radius 1 is 1.06 bits per heavy atom. The van der Waals surface area contributed by atoms with Crippen molar-refractivity contribution in [1.82, 2.24) is 19.4 Å². The zero-order valence-electron chi connectivity index (χ0n) is 21.9. The summed E-state index contributed by atoms with van der Waals surface area (Å²) >= 11 is 6.25. The molecule has 8 heteroatoms. The highest BCUT2D eigenvalue weighted by Crippen LogP contribution is 2.25. The normalized spacial score (nSPS) is 15.1. The molecule has 0 aliphatic carbocycles. The Morgan fingerprint density at radius 2 is 1.83 bits per heavy atom. The molecular formula is C28H36ClN5O2. The second-order valence-electron chi connectivity index (χ2n) is 10.1. The van der Waals surface area contributed by atoms with Crippen LogP contribution < -0.4 is 10.5 Å². The van der Waals surface area contributed by atoms with Crippen LogP contribution in [0.5, 0.6) is 0 Å². The van der Waals surface area contributed by atoms with Crippen molar-refractivity contribution in [3.8, 4) is 11.4 Å². The predicted octanol–water partition coefficient (Wildman–Crippen LogP) is 4.50. The molecule has 2 aromatic carbocycles. The van der Waals surface area contributed by atoms with Crippen LogP contribution >= 0.6 is 11.6 Å². The second-order valence-corrected chi connectivity index (χ2v) is 10.5. The summed E-state index contributed by atoms with van der Waals surface area (Å²) in [5.74, 6) is 0.296. The maximum atomic E-state index is 13.9. The summed E-state index contributed by atoms with van der Waals surface area (Å²) in [5, 5.41) is 1.06. The van der Waals surface area contributed by atoms with Gasteiger partial charge in [0.05, 0.1) is 10.9 Å². The minimum absolute atomic E-state index is 0.0243. The molecule has 3 aromatic rings. The van der Waals surface area contributed by atoms with Crippen LogP contribution in [0.25, 0.3) is 22.3 Å². The van der Waals surface area contributed by atoms with Gasteiger partial charge in [0.15, 0.2) is 0 Å². The Balaban J connectivity index is 1.79. The first-order chi connectivity index (χ1) is 17.2. The average Bonchev–Trinajstić information content (AvgIpc) is 3.11. The summed E-state index contributed by atoms with van der Waals surface area (Å²) in [7, 11) is 1.75. The maximum Gasteiger partial charge on any atom is 0.262 e. The summed E-state index contributed by atoms with van der Waals surface area (Å²) in [6, 6.07) is 13.7. The highest BCUT2D eigenvalue weighted by molar-refractivity contribution is 6.30. The van der Waals surface area contributed by atoms with E-state index >= 15 is 0 Å². The fourth-order valence-electron chi connectivity index (χ4n) is 4.65. The molecule has 0 unspecified atom stereocenters. The molecule has 0 N–H and O–H groups in total. The quantitative estimate of drug-likeness (QED) is 0.489. The maximum absolute atomic E-state index is 13.9. The van der Waals surface area contributed by atoms with E-state index in [-0.39, 0.29) is 24.1 Å². The molecule has 0 radical (unpaired) electrons. The summed E-state index contributed by atoms with van der Waals surface area (Å²) < 4.78 is 1.49. The lowest BCUT2D eigenvalue weighted by Gasteiger charge is -2.26. The third kappa shape index (κ3) is 5.57. The second kappa shape index (κ2) is 11.0. The van der Waals surface area contributed by atoms with Crippen molar-refractivity contribution in [1.29, 1.82) is 0 Å². The molecule has 0 spiro atoms. The van der Waals surface area contributed by atoms with Gasteiger partial charge in [-0.2, -0.15) is 0 Å². The Labute approximate surface area is 218 Å². The first-order valence-electron chi connectivity index (χ1n) is 12.7. The van der Waals surface area contributed by atoms with Crippen LogP contribution in [0.2, 0.25) is 5.02 Å². The number of carbonyl (C=O) groups excluding carboxylic acids is 1. The first kappa shape index (κ1) is 26.2. The van der Waals surface area contributed by atoms with Gasteiger partial charge < -0.3 is 9.80 Å². The van der Waals surface area contributed by atoms with Crippen LogP contribution in [0.3, 0.4) is 0 Å². The molecule has 1 saturated heterocycles. The number of rotatable bonds is 6. The van der Waals surface area contributed by atoms with E-state index in [2.05, 4.69) is 23.6 Å². The fraction of sp³-hybridized carbons (Fsp3) is 0.464. The minimum Gasteiger partial charge on any atom is -0.370 e. The van der Waals surface area contributed by atoms with Crippen molar-refractivity contribution in [2.75, 3.05) is 38.1 Å². The molecule has 192 valence electrons. The van der Waals surface area contributed by atoms with Gasteiger partial charge in [-0.3, -0.25) is 19.1 Å². The first-order valence-corrected chi connectivity index (χ1v) is 13.1. The zero-order chi connectivity index (χ0) is 26.0. The number of anilines is 1. The van der Waals surface area contributed by atoms with Crippen LogP contribution in [-0.2, 0) is 11.3 Å². The van der Waals surface area contributed by atoms with Gasteiger partial charge in [0.25, 0.3) is 5.56 Å². The zero-order valence-corrected chi connectivity index (χ0v) is 22.6. The summed E-state index contributed by atoms with van der Waals surface area (Å²) in [6.45, 7) is 12.2. The standard InChI is InChI=1S/C28H36ClN5O2/c1-19(2)31(5)26(35)18-34-27(21-8-6-9-22(29)16-21)30-25-11-10-23(17-24(25)28(34)36)33-13-7-12-32(14-15-33)20(3)4/h6,8-11,16-17,19-20H,7,12-15,18H2,1-5H3. The van der Waals surface area contributed by atoms with E-state index in [9.17, 15) is 9.59 Å². The van der Waals surface area contributed by atoms with Crippen LogP contribution in [0.15, 0.2) is 47.3 Å². The van der Waals surface area contributed by atoms with Crippen LogP contribution in [0.1, 0.15) is 34.1 Å². The van der Waals surface area contributed by atoms with Crippen molar-refractivity contribution in [3.05, 3.63) is 57.8 Å². The van der Waals surface area contributed by atoms with Gasteiger partial charge >= 0.3 is 0 Å². The minimum atomic E-state index is -0.221. The van der Waals surface area contributed by atoms with Gasteiger partial charge in [0, 0.05) is 61.6 Å². The van der Waals surface area contributed by atoms with Crippen LogP contribution in [-0.4, -0.2) is 70.6 Å². The predicted molar refractivity (Wildman–Crippen MR) is 148 cm³/mol. The lowest BCUT2D eigenvalue weighted by Crippen LogP contribution is -2.38.